The third kappa shape index (κ3) is 7.66. The molecule has 0 unspecified atom stereocenters. The minimum absolute atomic E-state index is 0.258. The summed E-state index contributed by atoms with van der Waals surface area (Å²) in [6, 6.07) is -0.653. The molecule has 6 heteroatoms. The van der Waals surface area contributed by atoms with Crippen molar-refractivity contribution >= 4 is 12.0 Å². The Kier molecular flexibility index (Phi) is 6.83. The van der Waals surface area contributed by atoms with Crippen LogP contribution in [-0.2, 0) is 14.4 Å². The number of carbonyl (C=O) groups is 2. The molecule has 1 atom stereocenters. The molecule has 6 nitrogen and oxygen atoms in total. The third-order valence-electron chi connectivity index (χ3n) is 2.28. The number of ether oxygens (including phenoxy) is 1. The summed E-state index contributed by atoms with van der Waals surface area (Å²) in [7, 11) is 2.91. The van der Waals surface area contributed by atoms with Crippen molar-refractivity contribution in [2.45, 2.75) is 52.7 Å². The maximum absolute atomic E-state index is 12.0. The molecule has 0 spiro atoms. The lowest BCUT2D eigenvalue weighted by Gasteiger charge is -2.26. The van der Waals surface area contributed by atoms with Gasteiger partial charge < -0.3 is 10.1 Å². The zero-order valence-electron chi connectivity index (χ0n) is 12.9. The van der Waals surface area contributed by atoms with Crippen LogP contribution in [0.1, 0.15) is 41.0 Å². The minimum atomic E-state index is -0.653. The van der Waals surface area contributed by atoms with Crippen LogP contribution in [0, 0.1) is 5.92 Å². The van der Waals surface area contributed by atoms with E-state index >= 15 is 0 Å². The highest BCUT2D eigenvalue weighted by molar-refractivity contribution is 5.84. The standard InChI is InChI=1S/C13H26N2O4/c1-9(2)8-10(11(16)15(6)18-7)14-12(17)19-13(3,4)5/h9-10H,8H2,1-7H3,(H,14,17)/t10-/m1/s1. The van der Waals surface area contributed by atoms with E-state index in [2.05, 4.69) is 5.32 Å². The number of hydrogen-bond acceptors (Lipinski definition) is 4. The fourth-order valence-electron chi connectivity index (χ4n) is 1.45. The molecule has 0 saturated heterocycles. The van der Waals surface area contributed by atoms with Gasteiger partial charge in [0.1, 0.15) is 11.6 Å². The van der Waals surface area contributed by atoms with Gasteiger partial charge in [-0.15, -0.1) is 0 Å². The average molecular weight is 274 g/mol. The molecule has 0 fully saturated rings. The van der Waals surface area contributed by atoms with Crippen molar-refractivity contribution in [1.29, 1.82) is 0 Å². The summed E-state index contributed by atoms with van der Waals surface area (Å²) >= 11 is 0. The van der Waals surface area contributed by atoms with Gasteiger partial charge in [0.15, 0.2) is 0 Å². The first-order chi connectivity index (χ1) is 8.56. The molecule has 0 radical (unpaired) electrons. The second kappa shape index (κ2) is 7.33. The van der Waals surface area contributed by atoms with Crippen molar-refractivity contribution in [2.24, 2.45) is 5.92 Å². The lowest BCUT2D eigenvalue weighted by molar-refractivity contribution is -0.171. The van der Waals surface area contributed by atoms with Gasteiger partial charge in [0.05, 0.1) is 7.11 Å². The van der Waals surface area contributed by atoms with Gasteiger partial charge >= 0.3 is 6.09 Å². The van der Waals surface area contributed by atoms with Crippen LogP contribution in [0.5, 0.6) is 0 Å². The number of carbonyl (C=O) groups excluding carboxylic acids is 2. The Balaban J connectivity index is 4.69. The first kappa shape index (κ1) is 17.7. The Morgan fingerprint density at radius 1 is 1.26 bits per heavy atom. The van der Waals surface area contributed by atoms with Crippen molar-refractivity contribution < 1.29 is 19.2 Å². The van der Waals surface area contributed by atoms with E-state index in [0.717, 1.165) is 5.06 Å². The van der Waals surface area contributed by atoms with E-state index in [1.807, 2.05) is 13.8 Å². The van der Waals surface area contributed by atoms with E-state index in [1.54, 1.807) is 20.8 Å². The second-order valence-electron chi connectivity index (χ2n) is 5.85. The van der Waals surface area contributed by atoms with Gasteiger partial charge in [-0.25, -0.2) is 9.86 Å². The van der Waals surface area contributed by atoms with Gasteiger partial charge in [-0.3, -0.25) is 9.63 Å². The molecule has 112 valence electrons. The van der Waals surface area contributed by atoms with E-state index in [9.17, 15) is 9.59 Å². The maximum atomic E-state index is 12.0. The first-order valence-electron chi connectivity index (χ1n) is 6.38. The van der Waals surface area contributed by atoms with E-state index in [1.165, 1.54) is 14.2 Å². The number of hydroxylamine groups is 2. The summed E-state index contributed by atoms with van der Waals surface area (Å²) < 4.78 is 5.15. The van der Waals surface area contributed by atoms with Gasteiger partial charge in [-0.05, 0) is 33.1 Å². The molecule has 0 aliphatic heterocycles. The van der Waals surface area contributed by atoms with Gasteiger partial charge in [0.25, 0.3) is 5.91 Å². The number of amides is 2. The van der Waals surface area contributed by atoms with Crippen molar-refractivity contribution in [1.82, 2.24) is 10.4 Å². The number of nitrogens with zero attached hydrogens (tertiary/aromatic N) is 1. The van der Waals surface area contributed by atoms with Gasteiger partial charge in [0, 0.05) is 7.05 Å². The summed E-state index contributed by atoms with van der Waals surface area (Å²) in [5.41, 5.74) is -0.595. The van der Waals surface area contributed by atoms with Crippen molar-refractivity contribution in [2.75, 3.05) is 14.2 Å². The third-order valence-corrected chi connectivity index (χ3v) is 2.28. The van der Waals surface area contributed by atoms with Crippen LogP contribution >= 0.6 is 0 Å². The largest absolute Gasteiger partial charge is 0.444 e. The molecule has 0 bridgehead atoms. The molecule has 0 saturated carbocycles. The molecule has 0 rings (SSSR count). The Labute approximate surface area is 115 Å². The molecule has 19 heavy (non-hydrogen) atoms. The van der Waals surface area contributed by atoms with Gasteiger partial charge in [-0.2, -0.15) is 0 Å². The Hall–Kier alpha value is -1.30. The maximum Gasteiger partial charge on any atom is 0.408 e. The van der Waals surface area contributed by atoms with E-state index < -0.39 is 17.7 Å². The molecule has 0 aromatic carbocycles. The molecular weight excluding hydrogens is 248 g/mol. The highest BCUT2D eigenvalue weighted by Crippen LogP contribution is 2.10. The molecule has 2 amide bonds. The topological polar surface area (TPSA) is 67.9 Å². The van der Waals surface area contributed by atoms with Crippen LogP contribution in [0.25, 0.3) is 0 Å². The van der Waals surface area contributed by atoms with Crippen LogP contribution in [-0.4, -0.2) is 42.9 Å². The second-order valence-corrected chi connectivity index (χ2v) is 5.85. The molecule has 0 heterocycles. The average Bonchev–Trinajstić information content (AvgIpc) is 2.22. The number of hydrogen-bond donors (Lipinski definition) is 1. The normalized spacial score (nSPS) is 13.1. The smallest absolute Gasteiger partial charge is 0.408 e. The van der Waals surface area contributed by atoms with Gasteiger partial charge in [0.2, 0.25) is 0 Å². The molecule has 0 aliphatic carbocycles. The Bertz CT molecular complexity index is 310. The lowest BCUT2D eigenvalue weighted by atomic mass is 10.0. The van der Waals surface area contributed by atoms with Crippen LogP contribution < -0.4 is 5.32 Å². The quantitative estimate of drug-likeness (QED) is 0.778. The summed E-state index contributed by atoms with van der Waals surface area (Å²) in [4.78, 5) is 28.6. The van der Waals surface area contributed by atoms with Crippen LogP contribution in [0.15, 0.2) is 0 Å². The minimum Gasteiger partial charge on any atom is -0.444 e. The van der Waals surface area contributed by atoms with E-state index in [4.69, 9.17) is 9.57 Å². The van der Waals surface area contributed by atoms with Crippen molar-refractivity contribution in [3.63, 3.8) is 0 Å². The molecule has 0 aromatic heterocycles. The highest BCUT2D eigenvalue weighted by atomic mass is 16.7. The number of likely N-dealkylation sites (N-methyl/N-ethyl adjacent to an activating group) is 1. The molecular formula is C13H26N2O4. The van der Waals surface area contributed by atoms with Crippen molar-refractivity contribution in [3.05, 3.63) is 0 Å². The van der Waals surface area contributed by atoms with E-state index in [0.29, 0.717) is 6.42 Å². The molecule has 1 N–H and O–H groups in total. The highest BCUT2D eigenvalue weighted by Gasteiger charge is 2.27. The summed E-state index contributed by atoms with van der Waals surface area (Å²) in [5, 5.41) is 3.69. The van der Waals surface area contributed by atoms with Crippen LogP contribution in [0.2, 0.25) is 0 Å². The zero-order valence-corrected chi connectivity index (χ0v) is 12.9. The summed E-state index contributed by atoms with van der Waals surface area (Å²) in [5.74, 6) is -0.0452. The monoisotopic (exact) mass is 274 g/mol. The predicted octanol–water partition coefficient (Wildman–Crippen LogP) is 1.95. The first-order valence-corrected chi connectivity index (χ1v) is 6.38. The Morgan fingerprint density at radius 3 is 2.16 bits per heavy atom. The van der Waals surface area contributed by atoms with Gasteiger partial charge in [-0.1, -0.05) is 13.8 Å². The van der Waals surface area contributed by atoms with Crippen LogP contribution in [0.3, 0.4) is 0 Å². The predicted molar refractivity (Wildman–Crippen MR) is 72.4 cm³/mol. The summed E-state index contributed by atoms with van der Waals surface area (Å²) in [6.07, 6.45) is -0.0813. The Morgan fingerprint density at radius 2 is 1.79 bits per heavy atom. The van der Waals surface area contributed by atoms with Crippen molar-refractivity contribution in [3.8, 4) is 0 Å². The van der Waals surface area contributed by atoms with E-state index in [-0.39, 0.29) is 11.8 Å². The number of nitrogens with one attached hydrogen (secondary N) is 1. The van der Waals surface area contributed by atoms with Crippen LogP contribution in [0.4, 0.5) is 4.79 Å². The number of rotatable bonds is 5. The zero-order chi connectivity index (χ0) is 15.2. The lowest BCUT2D eigenvalue weighted by Crippen LogP contribution is -2.49. The summed E-state index contributed by atoms with van der Waals surface area (Å²) in [6.45, 7) is 9.26. The molecule has 0 aliphatic rings. The SMILES string of the molecule is CON(C)C(=O)[C@@H](CC(C)C)NC(=O)OC(C)(C)C. The number of alkyl carbamates (subject to hydrolysis) is 1. The molecule has 0 aromatic rings. The fourth-order valence-corrected chi connectivity index (χ4v) is 1.45. The fraction of sp³-hybridized carbons (Fsp3) is 0.846.